The molecule has 7 aromatic rings. The number of thioether (sulfide) groups is 1. The van der Waals surface area contributed by atoms with Crippen LogP contribution >= 0.6 is 91.1 Å². The maximum Gasteiger partial charge on any atom is 0.144 e. The van der Waals surface area contributed by atoms with Crippen LogP contribution in [0.25, 0.3) is 59.2 Å². The Hall–Kier alpha value is -2.70. The molecule has 1 aliphatic rings. The standard InChI is InChI=1S/C24H11N8S8/c1-2-35-19(25-1)12-3-36-20(27-12)13-4-37-21(28-13)14-5-38-22(29-14)15-6-39-23(30-15)16-7-40-24(31-16)17-8-34-11-32(17)18-9-33-10-26-18/h2-10H,11H2. The lowest BCUT2D eigenvalue weighted by Gasteiger charge is -2.16. The summed E-state index contributed by atoms with van der Waals surface area (Å²) in [7, 11) is 0. The van der Waals surface area contributed by atoms with Crippen molar-refractivity contribution in [3.63, 3.8) is 0 Å². The van der Waals surface area contributed by atoms with Crippen LogP contribution in [-0.4, -0.2) is 40.8 Å². The maximum atomic E-state index is 4.92. The van der Waals surface area contributed by atoms with E-state index in [1.165, 1.54) is 11.3 Å². The zero-order chi connectivity index (χ0) is 26.5. The zero-order valence-corrected chi connectivity index (χ0v) is 26.3. The minimum atomic E-state index is 0.846. The average Bonchev–Trinajstić information content (AvgIpc) is 3.85. The summed E-state index contributed by atoms with van der Waals surface area (Å²) in [5.74, 6) is 1.81. The molecule has 8 rings (SSSR count). The van der Waals surface area contributed by atoms with Gasteiger partial charge in [-0.15, -0.1) is 91.1 Å². The highest BCUT2D eigenvalue weighted by Crippen LogP contribution is 2.39. The highest BCUT2D eigenvalue weighted by atomic mass is 32.2. The van der Waals surface area contributed by atoms with Gasteiger partial charge in [-0.1, -0.05) is 0 Å². The first kappa shape index (κ1) is 25.0. The number of rotatable bonds is 7. The smallest absolute Gasteiger partial charge is 0.144 e. The third kappa shape index (κ3) is 4.67. The van der Waals surface area contributed by atoms with Crippen LogP contribution in [0.4, 0.5) is 5.82 Å². The van der Waals surface area contributed by atoms with E-state index in [0.29, 0.717) is 0 Å². The molecule has 0 atom stereocenters. The molecule has 1 radical (unpaired) electrons. The molecule has 8 heterocycles. The molecule has 40 heavy (non-hydrogen) atoms. The van der Waals surface area contributed by atoms with Crippen molar-refractivity contribution in [3.8, 4) is 53.5 Å². The number of nitrogens with zero attached hydrogens (tertiary/aromatic N) is 8. The molecular weight excluding hydrogens is 657 g/mol. The predicted octanol–water partition coefficient (Wildman–Crippen LogP) is 8.53. The van der Waals surface area contributed by atoms with Gasteiger partial charge in [0.05, 0.1) is 17.1 Å². The van der Waals surface area contributed by atoms with E-state index in [4.69, 9.17) is 24.9 Å². The van der Waals surface area contributed by atoms with Crippen LogP contribution in [-0.2, 0) is 0 Å². The van der Waals surface area contributed by atoms with Crippen LogP contribution in [0.1, 0.15) is 5.01 Å². The molecule has 1 aliphatic heterocycles. The van der Waals surface area contributed by atoms with Crippen LogP contribution in [0, 0.1) is 6.20 Å². The Morgan fingerprint density at radius 1 is 0.600 bits per heavy atom. The second-order valence-electron chi connectivity index (χ2n) is 8.04. The normalized spacial score (nSPS) is 13.4. The molecule has 0 unspecified atom stereocenters. The van der Waals surface area contributed by atoms with Crippen molar-refractivity contribution in [2.24, 2.45) is 0 Å². The van der Waals surface area contributed by atoms with Crippen molar-refractivity contribution in [3.05, 3.63) is 59.8 Å². The van der Waals surface area contributed by atoms with Gasteiger partial charge in [0.1, 0.15) is 70.5 Å². The van der Waals surface area contributed by atoms with Crippen molar-refractivity contribution in [2.75, 3.05) is 10.8 Å². The van der Waals surface area contributed by atoms with Crippen molar-refractivity contribution in [1.29, 1.82) is 0 Å². The van der Waals surface area contributed by atoms with Gasteiger partial charge in [0.2, 0.25) is 0 Å². The van der Waals surface area contributed by atoms with Gasteiger partial charge in [-0.3, -0.25) is 0 Å². The van der Waals surface area contributed by atoms with Crippen LogP contribution in [0.15, 0.2) is 48.6 Å². The fourth-order valence-electron chi connectivity index (χ4n) is 3.78. The molecule has 0 fully saturated rings. The first-order valence-electron chi connectivity index (χ1n) is 11.4. The molecule has 195 valence electrons. The summed E-state index contributed by atoms with van der Waals surface area (Å²) in [4.78, 5) is 35.1. The molecule has 8 nitrogen and oxygen atoms in total. The van der Waals surface area contributed by atoms with E-state index >= 15 is 0 Å². The second-order valence-corrected chi connectivity index (χ2v) is 14.7. The fourth-order valence-corrected chi connectivity index (χ4v) is 10.1. The summed E-state index contributed by atoms with van der Waals surface area (Å²) in [6.45, 7) is 0. The summed E-state index contributed by atoms with van der Waals surface area (Å²) in [5.41, 5.74) is 7.24. The van der Waals surface area contributed by atoms with Crippen molar-refractivity contribution in [1.82, 2.24) is 34.9 Å². The zero-order valence-electron chi connectivity index (χ0n) is 19.7. The number of hydrogen-bond donors (Lipinski definition) is 0. The van der Waals surface area contributed by atoms with Crippen molar-refractivity contribution < 1.29 is 0 Å². The van der Waals surface area contributed by atoms with Crippen molar-refractivity contribution in [2.45, 2.75) is 0 Å². The molecule has 16 heteroatoms. The number of hydrogen-bond acceptors (Lipinski definition) is 16. The van der Waals surface area contributed by atoms with Crippen LogP contribution in [0.3, 0.4) is 0 Å². The quantitative estimate of drug-likeness (QED) is 0.166. The topological polar surface area (TPSA) is 93.5 Å². The van der Waals surface area contributed by atoms with E-state index in [1.54, 1.807) is 79.8 Å². The first-order valence-corrected chi connectivity index (χ1v) is 18.6. The SMILES string of the molecule is [c]1csc(-c2csc(-c3csc(-c4csc(-c5csc(-c6csc(C7=CSCN7c7cscn7)n6)n5)n4)n3)n2)n1. The van der Waals surface area contributed by atoms with E-state index < -0.39 is 0 Å². The average molecular weight is 668 g/mol. The molecule has 0 saturated carbocycles. The van der Waals surface area contributed by atoms with Gasteiger partial charge in [0, 0.05) is 37.7 Å². The molecule has 0 aromatic carbocycles. The van der Waals surface area contributed by atoms with Crippen molar-refractivity contribution >= 4 is 103 Å². The van der Waals surface area contributed by atoms with Gasteiger partial charge >= 0.3 is 0 Å². The Bertz CT molecular complexity index is 1940. The molecule has 0 bridgehead atoms. The summed E-state index contributed by atoms with van der Waals surface area (Å²) >= 11 is 12.8. The van der Waals surface area contributed by atoms with E-state index in [1.807, 2.05) is 32.4 Å². The summed E-state index contributed by atoms with van der Waals surface area (Å²) in [6, 6.07) is 0. The summed E-state index contributed by atoms with van der Waals surface area (Å²) < 4.78 is 0. The minimum Gasteiger partial charge on any atom is -0.312 e. The fraction of sp³-hybridized carbons (Fsp3) is 0.0417. The van der Waals surface area contributed by atoms with E-state index in [9.17, 15) is 0 Å². The van der Waals surface area contributed by atoms with E-state index in [2.05, 4.69) is 37.2 Å². The highest BCUT2D eigenvalue weighted by molar-refractivity contribution is 8.02. The number of anilines is 1. The minimum absolute atomic E-state index is 0.846. The van der Waals surface area contributed by atoms with Gasteiger partial charge in [-0.2, -0.15) is 0 Å². The molecular formula is C24H11N8S8. The van der Waals surface area contributed by atoms with E-state index in [-0.39, 0.29) is 0 Å². The molecule has 0 spiro atoms. The lowest BCUT2D eigenvalue weighted by molar-refractivity contribution is 1.14. The van der Waals surface area contributed by atoms with Gasteiger partial charge in [0.15, 0.2) is 0 Å². The predicted molar refractivity (Wildman–Crippen MR) is 172 cm³/mol. The largest absolute Gasteiger partial charge is 0.312 e. The first-order chi connectivity index (χ1) is 19.8. The van der Waals surface area contributed by atoms with Crippen LogP contribution < -0.4 is 4.90 Å². The summed E-state index contributed by atoms with van der Waals surface area (Å²) in [5, 5.41) is 21.6. The molecule has 0 aliphatic carbocycles. The van der Waals surface area contributed by atoms with Crippen LogP contribution in [0.2, 0.25) is 0 Å². The highest BCUT2D eigenvalue weighted by Gasteiger charge is 2.24. The lowest BCUT2D eigenvalue weighted by atomic mass is 10.4. The summed E-state index contributed by atoms with van der Waals surface area (Å²) in [6.07, 6.45) is 2.85. The second kappa shape index (κ2) is 10.6. The number of thiazole rings is 7. The monoisotopic (exact) mass is 667 g/mol. The Morgan fingerprint density at radius 3 is 1.62 bits per heavy atom. The Balaban J connectivity index is 1.00. The van der Waals surface area contributed by atoms with Gasteiger partial charge in [-0.05, 0) is 5.41 Å². The molecule has 0 N–H and O–H groups in total. The Labute approximate surface area is 259 Å². The van der Waals surface area contributed by atoms with Crippen LogP contribution in [0.5, 0.6) is 0 Å². The maximum absolute atomic E-state index is 4.92. The molecule has 0 saturated heterocycles. The van der Waals surface area contributed by atoms with E-state index in [0.717, 1.165) is 75.9 Å². The number of aromatic nitrogens is 7. The third-order valence-corrected chi connectivity index (χ3v) is 12.1. The Kier molecular flexibility index (Phi) is 6.64. The lowest BCUT2D eigenvalue weighted by Crippen LogP contribution is -2.16. The molecule has 7 aromatic heterocycles. The van der Waals surface area contributed by atoms with Gasteiger partial charge in [-0.25, -0.2) is 34.9 Å². The Morgan fingerprint density at radius 2 is 1.12 bits per heavy atom. The third-order valence-electron chi connectivity index (χ3n) is 5.61. The van der Waals surface area contributed by atoms with Gasteiger partial charge in [0.25, 0.3) is 0 Å². The van der Waals surface area contributed by atoms with Gasteiger partial charge < -0.3 is 4.90 Å². The molecule has 0 amide bonds.